The van der Waals surface area contributed by atoms with Crippen LogP contribution in [0.25, 0.3) is 0 Å². The van der Waals surface area contributed by atoms with Gasteiger partial charge in [0, 0.05) is 5.56 Å². The van der Waals surface area contributed by atoms with Crippen LogP contribution in [0, 0.1) is 18.6 Å². The molecule has 0 aliphatic heterocycles. The summed E-state index contributed by atoms with van der Waals surface area (Å²) in [5, 5.41) is 0. The van der Waals surface area contributed by atoms with E-state index < -0.39 is 11.6 Å². The third-order valence-corrected chi connectivity index (χ3v) is 2.79. The molecule has 0 spiro atoms. The standard InChI is InChI=1S/C11H12F2.C2H6/c1-7-5-8(12)10(9(13)6-7)11(2)3-4-11;1-2/h5-6H,3-4H2,1-2H3;1-2H3. The first-order chi connectivity index (χ1) is 7.03. The molecule has 0 bridgehead atoms. The van der Waals surface area contributed by atoms with E-state index in [0.29, 0.717) is 5.56 Å². The molecule has 2 heteroatoms. The van der Waals surface area contributed by atoms with Crippen LogP contribution in [-0.2, 0) is 5.41 Å². The Morgan fingerprint density at radius 2 is 1.47 bits per heavy atom. The van der Waals surface area contributed by atoms with Gasteiger partial charge in [-0.15, -0.1) is 0 Å². The van der Waals surface area contributed by atoms with Crippen molar-refractivity contribution in [3.63, 3.8) is 0 Å². The summed E-state index contributed by atoms with van der Waals surface area (Å²) >= 11 is 0. The minimum Gasteiger partial charge on any atom is -0.207 e. The van der Waals surface area contributed by atoms with Crippen molar-refractivity contribution >= 4 is 0 Å². The van der Waals surface area contributed by atoms with Crippen LogP contribution < -0.4 is 0 Å². The van der Waals surface area contributed by atoms with Crippen LogP contribution in [0.2, 0.25) is 0 Å². The van der Waals surface area contributed by atoms with E-state index in [1.54, 1.807) is 6.92 Å². The highest BCUT2D eigenvalue weighted by Crippen LogP contribution is 2.49. The van der Waals surface area contributed by atoms with E-state index in [1.807, 2.05) is 20.8 Å². The first-order valence-corrected chi connectivity index (χ1v) is 5.49. The normalized spacial score (nSPS) is 16.7. The number of aryl methyl sites for hydroxylation is 1. The smallest absolute Gasteiger partial charge is 0.130 e. The maximum absolute atomic E-state index is 13.4. The predicted molar refractivity (Wildman–Crippen MR) is 59.0 cm³/mol. The molecule has 2 rings (SSSR count). The van der Waals surface area contributed by atoms with Crippen LogP contribution in [-0.4, -0.2) is 0 Å². The average molecular weight is 212 g/mol. The van der Waals surface area contributed by atoms with Gasteiger partial charge in [-0.1, -0.05) is 20.8 Å². The zero-order chi connectivity index (χ0) is 11.6. The molecule has 1 aromatic rings. The van der Waals surface area contributed by atoms with E-state index in [-0.39, 0.29) is 11.0 Å². The molecule has 0 amide bonds. The molecule has 0 atom stereocenters. The van der Waals surface area contributed by atoms with E-state index in [9.17, 15) is 8.78 Å². The quantitative estimate of drug-likeness (QED) is 0.649. The largest absolute Gasteiger partial charge is 0.207 e. The van der Waals surface area contributed by atoms with Gasteiger partial charge in [-0.3, -0.25) is 0 Å². The molecule has 0 saturated heterocycles. The predicted octanol–water partition coefficient (Wildman–Crippen LogP) is 4.35. The zero-order valence-electron chi connectivity index (χ0n) is 9.82. The van der Waals surface area contributed by atoms with Gasteiger partial charge in [0.15, 0.2) is 0 Å². The topological polar surface area (TPSA) is 0 Å². The molecule has 1 aliphatic carbocycles. The van der Waals surface area contributed by atoms with Crippen molar-refractivity contribution in [2.24, 2.45) is 0 Å². The highest BCUT2D eigenvalue weighted by atomic mass is 19.1. The molecule has 0 radical (unpaired) electrons. The molecule has 0 unspecified atom stereocenters. The third-order valence-electron chi connectivity index (χ3n) is 2.79. The van der Waals surface area contributed by atoms with Crippen molar-refractivity contribution < 1.29 is 8.78 Å². The fourth-order valence-corrected chi connectivity index (χ4v) is 1.71. The van der Waals surface area contributed by atoms with Gasteiger partial charge in [-0.25, -0.2) is 8.78 Å². The van der Waals surface area contributed by atoms with Crippen LogP contribution in [0.3, 0.4) is 0 Å². The Morgan fingerprint density at radius 1 is 1.07 bits per heavy atom. The zero-order valence-corrected chi connectivity index (χ0v) is 9.82. The summed E-state index contributed by atoms with van der Waals surface area (Å²) in [5.74, 6) is -0.782. The van der Waals surface area contributed by atoms with Crippen molar-refractivity contribution in [2.45, 2.75) is 46.0 Å². The Bertz CT molecular complexity index is 329. The van der Waals surface area contributed by atoms with Gasteiger partial charge in [0.05, 0.1) is 0 Å². The summed E-state index contributed by atoms with van der Waals surface area (Å²) < 4.78 is 26.8. The van der Waals surface area contributed by atoms with E-state index >= 15 is 0 Å². The summed E-state index contributed by atoms with van der Waals surface area (Å²) in [4.78, 5) is 0. The highest BCUT2D eigenvalue weighted by Gasteiger charge is 2.43. The highest BCUT2D eigenvalue weighted by molar-refractivity contribution is 5.35. The monoisotopic (exact) mass is 212 g/mol. The first-order valence-electron chi connectivity index (χ1n) is 5.49. The van der Waals surface area contributed by atoms with Crippen molar-refractivity contribution in [3.8, 4) is 0 Å². The molecule has 0 aromatic heterocycles. The lowest BCUT2D eigenvalue weighted by atomic mass is 9.96. The Hall–Kier alpha value is -0.920. The van der Waals surface area contributed by atoms with Gasteiger partial charge in [-0.2, -0.15) is 0 Å². The van der Waals surface area contributed by atoms with Crippen LogP contribution in [0.5, 0.6) is 0 Å². The summed E-state index contributed by atoms with van der Waals surface area (Å²) in [7, 11) is 0. The second-order valence-corrected chi connectivity index (χ2v) is 4.16. The molecule has 0 nitrogen and oxygen atoms in total. The van der Waals surface area contributed by atoms with E-state index in [0.717, 1.165) is 12.8 Å². The maximum Gasteiger partial charge on any atom is 0.130 e. The fourth-order valence-electron chi connectivity index (χ4n) is 1.71. The van der Waals surface area contributed by atoms with Crippen molar-refractivity contribution in [1.29, 1.82) is 0 Å². The summed E-state index contributed by atoms with van der Waals surface area (Å²) in [5.41, 5.74) is 0.683. The Balaban J connectivity index is 0.000000531. The minimum absolute atomic E-state index is 0.234. The summed E-state index contributed by atoms with van der Waals surface area (Å²) in [6.07, 6.45) is 1.79. The second-order valence-electron chi connectivity index (χ2n) is 4.16. The van der Waals surface area contributed by atoms with Gasteiger partial charge in [0.25, 0.3) is 0 Å². The molecular formula is C13H18F2. The molecule has 1 saturated carbocycles. The molecular weight excluding hydrogens is 194 g/mol. The van der Waals surface area contributed by atoms with Gasteiger partial charge in [0.2, 0.25) is 0 Å². The Labute approximate surface area is 90.3 Å². The van der Waals surface area contributed by atoms with E-state index in [1.165, 1.54) is 12.1 Å². The number of benzene rings is 1. The lowest BCUT2D eigenvalue weighted by molar-refractivity contribution is 0.526. The molecule has 84 valence electrons. The molecule has 0 heterocycles. The van der Waals surface area contributed by atoms with Crippen LogP contribution in [0.15, 0.2) is 12.1 Å². The maximum atomic E-state index is 13.4. The molecule has 15 heavy (non-hydrogen) atoms. The number of halogens is 2. The minimum atomic E-state index is -0.391. The van der Waals surface area contributed by atoms with Crippen molar-refractivity contribution in [1.82, 2.24) is 0 Å². The number of rotatable bonds is 1. The summed E-state index contributed by atoms with van der Waals surface area (Å²) in [6, 6.07) is 2.81. The fraction of sp³-hybridized carbons (Fsp3) is 0.538. The van der Waals surface area contributed by atoms with Crippen molar-refractivity contribution in [2.75, 3.05) is 0 Å². The molecule has 1 fully saturated rings. The average Bonchev–Trinajstić information content (AvgIpc) is 2.85. The Morgan fingerprint density at radius 3 is 1.80 bits per heavy atom. The Kier molecular flexibility index (Phi) is 3.48. The third kappa shape index (κ3) is 2.36. The molecule has 1 aromatic carbocycles. The van der Waals surface area contributed by atoms with Crippen LogP contribution in [0.4, 0.5) is 8.78 Å². The lowest BCUT2D eigenvalue weighted by Crippen LogP contribution is -2.07. The van der Waals surface area contributed by atoms with Gasteiger partial charge < -0.3 is 0 Å². The SMILES string of the molecule is CC.Cc1cc(F)c(C2(C)CC2)c(F)c1. The van der Waals surface area contributed by atoms with Gasteiger partial charge in [0.1, 0.15) is 11.6 Å². The number of hydrogen-bond donors (Lipinski definition) is 0. The van der Waals surface area contributed by atoms with E-state index in [2.05, 4.69) is 0 Å². The van der Waals surface area contributed by atoms with Crippen LogP contribution in [0.1, 0.15) is 44.7 Å². The summed E-state index contributed by atoms with van der Waals surface area (Å²) in [6.45, 7) is 7.61. The van der Waals surface area contributed by atoms with E-state index in [4.69, 9.17) is 0 Å². The first kappa shape index (κ1) is 12.2. The number of hydrogen-bond acceptors (Lipinski definition) is 0. The molecule has 0 N–H and O–H groups in total. The molecule has 1 aliphatic rings. The second kappa shape index (κ2) is 4.30. The van der Waals surface area contributed by atoms with Crippen LogP contribution >= 0.6 is 0 Å². The van der Waals surface area contributed by atoms with Gasteiger partial charge >= 0.3 is 0 Å². The lowest BCUT2D eigenvalue weighted by Gasteiger charge is -2.11. The van der Waals surface area contributed by atoms with Gasteiger partial charge in [-0.05, 0) is 42.9 Å². The van der Waals surface area contributed by atoms with Crippen molar-refractivity contribution in [3.05, 3.63) is 34.9 Å².